The molecule has 11 heteroatoms. The summed E-state index contributed by atoms with van der Waals surface area (Å²) in [5.41, 5.74) is 1.96. The molecule has 0 saturated carbocycles. The number of pyridine rings is 2. The van der Waals surface area contributed by atoms with Crippen LogP contribution >= 0.6 is 0 Å². The number of aromatic amines is 1. The van der Waals surface area contributed by atoms with Gasteiger partial charge in [-0.2, -0.15) is 18.3 Å². The van der Waals surface area contributed by atoms with Crippen molar-refractivity contribution < 1.29 is 18.0 Å². The quantitative estimate of drug-likeness (QED) is 0.452. The van der Waals surface area contributed by atoms with Crippen LogP contribution in [0.1, 0.15) is 5.69 Å². The van der Waals surface area contributed by atoms with Crippen molar-refractivity contribution >= 4 is 39.1 Å². The normalized spacial score (nSPS) is 11.7. The molecule has 0 bridgehead atoms. The molecule has 0 unspecified atom stereocenters. The Bertz CT molecular complexity index is 1340. The first kappa shape index (κ1) is 20.4. The lowest BCUT2D eigenvalue weighted by molar-refractivity contribution is -0.138. The van der Waals surface area contributed by atoms with Crippen molar-refractivity contribution in [3.05, 3.63) is 58.8 Å². The van der Waals surface area contributed by atoms with E-state index < -0.39 is 30.7 Å². The Labute approximate surface area is 173 Å². The lowest BCUT2D eigenvalue weighted by Gasteiger charge is -2.14. The Balaban J connectivity index is 1.68. The number of fused-ring (bicyclic) bond motifs is 2. The number of amides is 1. The van der Waals surface area contributed by atoms with Gasteiger partial charge in [-0.05, 0) is 30.5 Å². The number of rotatable bonds is 5. The molecule has 160 valence electrons. The van der Waals surface area contributed by atoms with Crippen molar-refractivity contribution in [1.82, 2.24) is 25.1 Å². The summed E-state index contributed by atoms with van der Waals surface area (Å²) in [6.45, 7) is -0.179. The zero-order valence-corrected chi connectivity index (χ0v) is 16.2. The van der Waals surface area contributed by atoms with Gasteiger partial charge >= 0.3 is 6.18 Å². The van der Waals surface area contributed by atoms with E-state index in [1.165, 1.54) is 6.20 Å². The molecule has 3 N–H and O–H groups in total. The molecule has 8 nitrogen and oxygen atoms in total. The third-order valence-corrected chi connectivity index (χ3v) is 4.69. The molecule has 3 heterocycles. The average molecular weight is 430 g/mol. The van der Waals surface area contributed by atoms with Crippen LogP contribution in [0.2, 0.25) is 0 Å². The van der Waals surface area contributed by atoms with Gasteiger partial charge in [-0.3, -0.25) is 14.7 Å². The molecule has 0 spiro atoms. The largest absolute Gasteiger partial charge is 0.405 e. The van der Waals surface area contributed by atoms with Crippen LogP contribution in [0.4, 0.5) is 24.5 Å². The molecule has 0 aliphatic carbocycles. The van der Waals surface area contributed by atoms with E-state index in [1.54, 1.807) is 42.7 Å². The van der Waals surface area contributed by atoms with Gasteiger partial charge in [-0.25, -0.2) is 4.98 Å². The van der Waals surface area contributed by atoms with Gasteiger partial charge in [-0.15, -0.1) is 0 Å². The number of anilines is 2. The topological polar surface area (TPSA) is 105 Å². The number of nitrogens with one attached hydrogen (secondary N) is 3. The highest BCUT2D eigenvalue weighted by Crippen LogP contribution is 2.27. The lowest BCUT2D eigenvalue weighted by atomic mass is 10.1. The Morgan fingerprint density at radius 2 is 2.00 bits per heavy atom. The van der Waals surface area contributed by atoms with Gasteiger partial charge < -0.3 is 15.2 Å². The van der Waals surface area contributed by atoms with Crippen LogP contribution < -0.4 is 16.2 Å². The molecule has 0 radical (unpaired) electrons. The second-order valence-corrected chi connectivity index (χ2v) is 6.96. The van der Waals surface area contributed by atoms with E-state index in [9.17, 15) is 22.8 Å². The van der Waals surface area contributed by atoms with Crippen molar-refractivity contribution in [2.75, 3.05) is 11.9 Å². The van der Waals surface area contributed by atoms with E-state index in [4.69, 9.17) is 0 Å². The number of nitrogens with zero attached hydrogens (tertiary/aromatic N) is 3. The molecule has 0 aliphatic rings. The van der Waals surface area contributed by atoms with E-state index >= 15 is 0 Å². The van der Waals surface area contributed by atoms with Crippen LogP contribution in [0.25, 0.3) is 21.8 Å². The van der Waals surface area contributed by atoms with Crippen molar-refractivity contribution in [1.29, 1.82) is 0 Å². The first-order valence-corrected chi connectivity index (χ1v) is 9.24. The molecule has 4 aromatic rings. The predicted octanol–water partition coefficient (Wildman–Crippen LogP) is 3.00. The van der Waals surface area contributed by atoms with Gasteiger partial charge in [-0.1, -0.05) is 12.1 Å². The SMILES string of the molecule is Cc1nc2[nH]ncc2cc1Nc1cccc2ccn(CC(=O)NCC(F)(F)F)c(=O)c12. The summed E-state index contributed by atoms with van der Waals surface area (Å²) in [4.78, 5) is 29.3. The fourth-order valence-corrected chi connectivity index (χ4v) is 3.21. The second-order valence-electron chi connectivity index (χ2n) is 6.96. The van der Waals surface area contributed by atoms with Crippen molar-refractivity contribution in [3.63, 3.8) is 0 Å². The maximum atomic E-state index is 13.0. The van der Waals surface area contributed by atoms with E-state index in [0.29, 0.717) is 33.5 Å². The minimum atomic E-state index is -4.52. The number of carbonyl (C=O) groups is 1. The van der Waals surface area contributed by atoms with Crippen LogP contribution in [0, 0.1) is 6.92 Å². The van der Waals surface area contributed by atoms with E-state index in [0.717, 1.165) is 9.95 Å². The molecule has 0 atom stereocenters. The van der Waals surface area contributed by atoms with Gasteiger partial charge in [0.15, 0.2) is 5.65 Å². The highest BCUT2D eigenvalue weighted by atomic mass is 19.4. The van der Waals surface area contributed by atoms with Gasteiger partial charge in [0.1, 0.15) is 13.1 Å². The summed E-state index contributed by atoms with van der Waals surface area (Å²) < 4.78 is 38.0. The maximum absolute atomic E-state index is 13.0. The number of hydrogen-bond acceptors (Lipinski definition) is 5. The number of carbonyl (C=O) groups excluding carboxylic acids is 1. The van der Waals surface area contributed by atoms with Gasteiger partial charge in [0.25, 0.3) is 5.56 Å². The highest BCUT2D eigenvalue weighted by Gasteiger charge is 2.27. The van der Waals surface area contributed by atoms with E-state index in [1.807, 2.05) is 6.07 Å². The first-order valence-electron chi connectivity index (χ1n) is 9.24. The fourth-order valence-electron chi connectivity index (χ4n) is 3.21. The van der Waals surface area contributed by atoms with Gasteiger partial charge in [0.2, 0.25) is 5.91 Å². The summed E-state index contributed by atoms with van der Waals surface area (Å²) >= 11 is 0. The molecule has 4 rings (SSSR count). The van der Waals surface area contributed by atoms with Crippen LogP contribution in [0.5, 0.6) is 0 Å². The Kier molecular flexibility index (Phi) is 5.09. The van der Waals surface area contributed by atoms with Gasteiger partial charge in [0, 0.05) is 11.6 Å². The van der Waals surface area contributed by atoms with Crippen LogP contribution in [-0.2, 0) is 11.3 Å². The van der Waals surface area contributed by atoms with Crippen LogP contribution in [0.15, 0.2) is 47.5 Å². The molecule has 0 saturated heterocycles. The van der Waals surface area contributed by atoms with Crippen molar-refractivity contribution in [2.45, 2.75) is 19.6 Å². The summed E-state index contributed by atoms with van der Waals surface area (Å²) in [7, 11) is 0. The number of aryl methyl sites for hydroxylation is 1. The standard InChI is InChI=1S/C20H17F3N6O2/c1-11-15(7-13-8-25-28-18(13)26-11)27-14-4-2-3-12-5-6-29(19(31)17(12)14)9-16(30)24-10-20(21,22)23/h2-8,27H,9-10H2,1H3,(H,24,30)(H,25,26,28). The van der Waals surface area contributed by atoms with Crippen molar-refractivity contribution in [3.8, 4) is 0 Å². The van der Waals surface area contributed by atoms with Crippen LogP contribution in [0.3, 0.4) is 0 Å². The molecule has 0 aliphatic heterocycles. The summed E-state index contributed by atoms with van der Waals surface area (Å²) in [5, 5.41) is 13.4. The Morgan fingerprint density at radius 1 is 1.19 bits per heavy atom. The highest BCUT2D eigenvalue weighted by molar-refractivity contribution is 5.95. The molecule has 3 aromatic heterocycles. The van der Waals surface area contributed by atoms with Gasteiger partial charge in [0.05, 0.1) is 28.7 Å². The number of halogens is 3. The Hall–Kier alpha value is -3.89. The van der Waals surface area contributed by atoms with Crippen molar-refractivity contribution in [2.24, 2.45) is 0 Å². The second kappa shape index (κ2) is 7.74. The molecule has 0 fully saturated rings. The average Bonchev–Trinajstić information content (AvgIpc) is 3.15. The Morgan fingerprint density at radius 3 is 2.77 bits per heavy atom. The minimum absolute atomic E-state index is 0.306. The third kappa shape index (κ3) is 4.34. The molecular formula is C20H17F3N6O2. The van der Waals surface area contributed by atoms with E-state index in [2.05, 4.69) is 20.5 Å². The fraction of sp³-hybridized carbons (Fsp3) is 0.200. The minimum Gasteiger partial charge on any atom is -0.353 e. The molecule has 1 aromatic carbocycles. The van der Waals surface area contributed by atoms with E-state index in [-0.39, 0.29) is 0 Å². The number of aromatic nitrogens is 4. The lowest BCUT2D eigenvalue weighted by Crippen LogP contribution is -2.37. The third-order valence-electron chi connectivity index (χ3n) is 4.69. The number of H-pyrrole nitrogens is 1. The smallest absolute Gasteiger partial charge is 0.353 e. The predicted molar refractivity (Wildman–Crippen MR) is 109 cm³/mol. The molecular weight excluding hydrogens is 413 g/mol. The number of benzene rings is 1. The molecule has 1 amide bonds. The summed E-state index contributed by atoms with van der Waals surface area (Å²) in [6.07, 6.45) is -1.52. The summed E-state index contributed by atoms with van der Waals surface area (Å²) in [6, 6.07) is 8.68. The maximum Gasteiger partial charge on any atom is 0.405 e. The monoisotopic (exact) mass is 430 g/mol. The number of hydrogen-bond donors (Lipinski definition) is 3. The van der Waals surface area contributed by atoms with Crippen LogP contribution in [-0.4, -0.2) is 38.4 Å². The zero-order valence-electron chi connectivity index (χ0n) is 16.2. The number of alkyl halides is 3. The zero-order chi connectivity index (χ0) is 22.2. The molecule has 31 heavy (non-hydrogen) atoms. The first-order chi connectivity index (χ1) is 14.7. The summed E-state index contributed by atoms with van der Waals surface area (Å²) in [5.74, 6) is -0.908.